The van der Waals surface area contributed by atoms with Crippen molar-refractivity contribution in [3.8, 4) is 11.5 Å². The fourth-order valence-corrected chi connectivity index (χ4v) is 7.35. The molecule has 2 bridgehead atoms. The van der Waals surface area contributed by atoms with Gasteiger partial charge in [-0.15, -0.1) is 0 Å². The molecule has 59 heavy (non-hydrogen) atoms. The van der Waals surface area contributed by atoms with Crippen LogP contribution in [0, 0.1) is 13.8 Å². The van der Waals surface area contributed by atoms with E-state index in [1.807, 2.05) is 56.3 Å². The average molecular weight is 832 g/mol. The maximum Gasteiger partial charge on any atom is 0.124 e. The number of phenolic OH excluding ortho intramolecular Hbond substituents is 2. The van der Waals surface area contributed by atoms with E-state index in [2.05, 4.69) is 20.4 Å². The number of aromatic hydroxyl groups is 2. The molecule has 1 aromatic heterocycles. The molecule has 8 unspecified atom stereocenters. The number of hydrogen-bond acceptors (Lipinski definition) is 17. The number of aliphatic hydroxyl groups is 10. The van der Waals surface area contributed by atoms with Crippen molar-refractivity contribution in [2.75, 3.05) is 52.5 Å². The second kappa shape index (κ2) is 23.6. The zero-order valence-corrected chi connectivity index (χ0v) is 34.0. The Labute approximate surface area is 345 Å². The second-order valence-corrected chi connectivity index (χ2v) is 15.7. The van der Waals surface area contributed by atoms with E-state index in [-0.39, 0.29) is 37.7 Å². The Hall–Kier alpha value is -3.37. The van der Waals surface area contributed by atoms with Crippen molar-refractivity contribution in [2.45, 2.75) is 108 Å². The van der Waals surface area contributed by atoms with Gasteiger partial charge in [-0.1, -0.05) is 41.5 Å². The van der Waals surface area contributed by atoms with E-state index in [1.54, 1.807) is 0 Å². The summed E-state index contributed by atoms with van der Waals surface area (Å²) < 4.78 is 0. The van der Waals surface area contributed by atoms with E-state index in [0.29, 0.717) is 63.2 Å². The van der Waals surface area contributed by atoms with Crippen LogP contribution in [0.15, 0.2) is 42.5 Å². The maximum absolute atomic E-state index is 11.4. The third kappa shape index (κ3) is 14.4. The topological polar surface area (TPSA) is 286 Å². The summed E-state index contributed by atoms with van der Waals surface area (Å²) in [7, 11) is 0. The third-order valence-electron chi connectivity index (χ3n) is 10.8. The lowest BCUT2D eigenvalue weighted by Gasteiger charge is -2.28. The minimum atomic E-state index is -1.73. The summed E-state index contributed by atoms with van der Waals surface area (Å²) >= 11 is 0. The SMILES string of the molecule is Cc1cc(CNCC(O)C(O)C(O)C(O)CO)c(O)c(CN2CCCN(Cc3cc(C)cc(CNCC(O)C(O)C(O)C(O)CO)c3O)CCc3cccc(n3)CC2)c1. The molecule has 4 rings (SSSR count). The Morgan fingerprint density at radius 2 is 0.932 bits per heavy atom. The van der Waals surface area contributed by atoms with Gasteiger partial charge in [0.05, 0.1) is 25.4 Å². The first kappa shape index (κ1) is 48.3. The highest BCUT2D eigenvalue weighted by Crippen LogP contribution is 2.28. The number of nitrogens with one attached hydrogen (secondary N) is 2. The van der Waals surface area contributed by atoms with E-state index in [9.17, 15) is 51.1 Å². The Bertz CT molecular complexity index is 1620. The van der Waals surface area contributed by atoms with E-state index in [4.69, 9.17) is 15.2 Å². The summed E-state index contributed by atoms with van der Waals surface area (Å²) in [6.45, 7) is 6.02. The van der Waals surface area contributed by atoms with Crippen LogP contribution in [0.5, 0.6) is 11.5 Å². The molecular formula is C42H65N5O12. The highest BCUT2D eigenvalue weighted by atomic mass is 16.4. The van der Waals surface area contributed by atoms with E-state index in [1.165, 1.54) is 0 Å². The van der Waals surface area contributed by atoms with E-state index in [0.717, 1.165) is 40.1 Å². The molecule has 8 atom stereocenters. The number of nitrogens with zero attached hydrogens (tertiary/aromatic N) is 3. The number of aliphatic hydroxyl groups excluding tert-OH is 10. The Balaban J connectivity index is 1.43. The first-order valence-corrected chi connectivity index (χ1v) is 20.2. The van der Waals surface area contributed by atoms with Crippen LogP contribution in [0.3, 0.4) is 0 Å². The quantitative estimate of drug-likeness (QED) is 0.0568. The number of hydrogen-bond donors (Lipinski definition) is 14. The monoisotopic (exact) mass is 831 g/mol. The van der Waals surface area contributed by atoms with Crippen molar-refractivity contribution >= 4 is 0 Å². The van der Waals surface area contributed by atoms with Crippen molar-refractivity contribution in [3.63, 3.8) is 0 Å². The van der Waals surface area contributed by atoms with Gasteiger partial charge in [-0.2, -0.15) is 0 Å². The zero-order chi connectivity index (χ0) is 43.2. The molecule has 0 saturated carbocycles. The lowest BCUT2D eigenvalue weighted by Crippen LogP contribution is -2.48. The molecule has 17 heteroatoms. The fraction of sp³-hybridized carbons (Fsp3) is 0.595. The molecule has 0 fully saturated rings. The van der Waals surface area contributed by atoms with Crippen LogP contribution < -0.4 is 10.6 Å². The molecule has 17 nitrogen and oxygen atoms in total. The molecule has 2 heterocycles. The molecule has 0 radical (unpaired) electrons. The smallest absolute Gasteiger partial charge is 0.124 e. The third-order valence-corrected chi connectivity index (χ3v) is 10.8. The number of rotatable bonds is 20. The van der Waals surface area contributed by atoms with E-state index < -0.39 is 62.0 Å². The van der Waals surface area contributed by atoms with Crippen LogP contribution in [0.25, 0.3) is 0 Å². The van der Waals surface area contributed by atoms with Crippen molar-refractivity contribution < 1.29 is 61.3 Å². The predicted molar refractivity (Wildman–Crippen MR) is 218 cm³/mol. The van der Waals surface area contributed by atoms with Crippen LogP contribution in [0.4, 0.5) is 0 Å². The van der Waals surface area contributed by atoms with Gasteiger partial charge in [0.1, 0.15) is 48.1 Å². The Morgan fingerprint density at radius 1 is 0.559 bits per heavy atom. The number of benzene rings is 2. The number of aromatic nitrogens is 1. The molecule has 3 aromatic rings. The summed E-state index contributed by atoms with van der Waals surface area (Å²) in [6, 6.07) is 13.6. The van der Waals surface area contributed by atoms with Gasteiger partial charge in [-0.05, 0) is 45.5 Å². The van der Waals surface area contributed by atoms with Crippen molar-refractivity contribution in [1.29, 1.82) is 0 Å². The Morgan fingerprint density at radius 3 is 1.32 bits per heavy atom. The first-order chi connectivity index (χ1) is 28.1. The van der Waals surface area contributed by atoms with Gasteiger partial charge in [-0.3, -0.25) is 14.8 Å². The summed E-state index contributed by atoms with van der Waals surface area (Å²) in [4.78, 5) is 9.47. The molecule has 2 aromatic carbocycles. The molecule has 0 aliphatic carbocycles. The lowest BCUT2D eigenvalue weighted by molar-refractivity contribution is -0.114. The molecule has 14 N–H and O–H groups in total. The van der Waals surface area contributed by atoms with Gasteiger partial charge in [0.15, 0.2) is 0 Å². The minimum absolute atomic E-state index is 0.103. The highest BCUT2D eigenvalue weighted by molar-refractivity contribution is 5.44. The molecule has 1 aliphatic rings. The van der Waals surface area contributed by atoms with Gasteiger partial charge in [0.2, 0.25) is 0 Å². The summed E-state index contributed by atoms with van der Waals surface area (Å²) in [5.74, 6) is 0.205. The summed E-state index contributed by atoms with van der Waals surface area (Å²) in [5, 5.41) is 127. The zero-order valence-electron chi connectivity index (χ0n) is 34.0. The number of phenols is 2. The van der Waals surface area contributed by atoms with Gasteiger partial charge in [-0.25, -0.2) is 0 Å². The standard InChI is InChI=1S/C42H65N5O12/c1-25-13-27(17-43-19-33(50)39(56)41(58)35(52)23-48)37(54)29(15-25)21-46-9-4-10-47(12-8-32-6-3-5-31(45-32)7-11-46)22-30-16-26(2)14-28(38(30)55)18-44-20-34(51)40(57)42(59)36(53)24-49/h3,5-6,13-16,33-36,39-44,48-59H,4,7-12,17-24H2,1-2H3. The summed E-state index contributed by atoms with van der Waals surface area (Å²) in [5.41, 5.74) is 6.38. The van der Waals surface area contributed by atoms with Gasteiger partial charge >= 0.3 is 0 Å². The molecule has 330 valence electrons. The second-order valence-electron chi connectivity index (χ2n) is 15.7. The first-order valence-electron chi connectivity index (χ1n) is 20.2. The number of pyridine rings is 1. The summed E-state index contributed by atoms with van der Waals surface area (Å²) in [6.07, 6.45) is -10.7. The molecule has 1 aliphatic heterocycles. The van der Waals surface area contributed by atoms with Gasteiger partial charge in [0.25, 0.3) is 0 Å². The highest BCUT2D eigenvalue weighted by Gasteiger charge is 2.31. The van der Waals surface area contributed by atoms with Crippen LogP contribution >= 0.6 is 0 Å². The minimum Gasteiger partial charge on any atom is -0.507 e. The maximum atomic E-state index is 11.4. The Kier molecular flexibility index (Phi) is 19.3. The fourth-order valence-electron chi connectivity index (χ4n) is 7.35. The molecular weight excluding hydrogens is 766 g/mol. The molecule has 0 saturated heterocycles. The normalized spacial score (nSPS) is 18.8. The van der Waals surface area contributed by atoms with Gasteiger partial charge in [0, 0.05) is 98.8 Å². The van der Waals surface area contributed by atoms with Crippen LogP contribution in [-0.4, -0.2) is 177 Å². The molecule has 0 amide bonds. The lowest BCUT2D eigenvalue weighted by atomic mass is 10.0. The largest absolute Gasteiger partial charge is 0.507 e. The van der Waals surface area contributed by atoms with Crippen molar-refractivity contribution in [1.82, 2.24) is 25.4 Å². The van der Waals surface area contributed by atoms with Gasteiger partial charge < -0.3 is 71.9 Å². The number of aryl methyl sites for hydroxylation is 2. The van der Waals surface area contributed by atoms with Crippen LogP contribution in [0.2, 0.25) is 0 Å². The van der Waals surface area contributed by atoms with Crippen LogP contribution in [0.1, 0.15) is 51.2 Å². The van der Waals surface area contributed by atoms with Crippen molar-refractivity contribution in [2.24, 2.45) is 0 Å². The van der Waals surface area contributed by atoms with Crippen molar-refractivity contribution in [3.05, 3.63) is 87.2 Å². The molecule has 0 spiro atoms. The predicted octanol–water partition coefficient (Wildman–Crippen LogP) is -2.35. The van der Waals surface area contributed by atoms with E-state index >= 15 is 0 Å². The average Bonchev–Trinajstić information content (AvgIpc) is 3.22. The van der Waals surface area contributed by atoms with Crippen LogP contribution in [-0.2, 0) is 39.0 Å². The number of fused-ring (bicyclic) bond motifs is 2.